The second kappa shape index (κ2) is 16.1. The van der Waals surface area contributed by atoms with Crippen molar-refractivity contribution in [1.29, 1.82) is 0 Å². The summed E-state index contributed by atoms with van der Waals surface area (Å²) in [5.41, 5.74) is 0.00275. The summed E-state index contributed by atoms with van der Waals surface area (Å²) in [4.78, 5) is 25.2. The third-order valence-corrected chi connectivity index (χ3v) is 6.88. The van der Waals surface area contributed by atoms with E-state index in [4.69, 9.17) is 28.4 Å². The minimum Gasteiger partial charge on any atom is -0.484 e. The van der Waals surface area contributed by atoms with Crippen molar-refractivity contribution >= 4 is 18.0 Å². The molecule has 1 unspecified atom stereocenters. The average molecular weight is 653 g/mol. The van der Waals surface area contributed by atoms with E-state index in [1.165, 1.54) is 13.2 Å². The number of hydrogen-bond donors (Lipinski definition) is 2. The highest BCUT2D eigenvalue weighted by atomic mass is 19.4. The van der Waals surface area contributed by atoms with Crippen molar-refractivity contribution < 1.29 is 61.4 Å². The van der Waals surface area contributed by atoms with Crippen molar-refractivity contribution in [3.05, 3.63) is 77.4 Å². The number of methoxy groups -OCH3 is 1. The Morgan fingerprint density at radius 3 is 2.37 bits per heavy atom. The number of rotatable bonds is 15. The Morgan fingerprint density at radius 2 is 1.76 bits per heavy atom. The van der Waals surface area contributed by atoms with Gasteiger partial charge in [0.1, 0.15) is 29.3 Å². The Morgan fingerprint density at radius 1 is 1.07 bits per heavy atom. The van der Waals surface area contributed by atoms with Crippen LogP contribution in [0, 0.1) is 5.92 Å². The molecule has 1 aliphatic rings. The molecule has 2 aromatic rings. The number of benzene rings is 2. The number of hydrogen-bond acceptors (Lipinski definition) is 9. The summed E-state index contributed by atoms with van der Waals surface area (Å²) in [6.45, 7) is 4.84. The summed E-state index contributed by atoms with van der Waals surface area (Å²) in [6, 6.07) is 10.6. The van der Waals surface area contributed by atoms with Crippen LogP contribution in [0.3, 0.4) is 0 Å². The highest BCUT2D eigenvalue weighted by Gasteiger charge is 2.45. The summed E-state index contributed by atoms with van der Waals surface area (Å²) >= 11 is 0. The monoisotopic (exact) mass is 652 g/mol. The van der Waals surface area contributed by atoms with Crippen LogP contribution >= 0.6 is 0 Å². The Balaban J connectivity index is 1.94. The predicted octanol–water partition coefficient (Wildman–Crippen LogP) is 6.03. The number of carboxylic acid groups (broad SMARTS) is 1. The highest BCUT2D eigenvalue weighted by molar-refractivity contribution is 5.95. The van der Waals surface area contributed by atoms with Crippen molar-refractivity contribution in [2.45, 2.75) is 70.5 Å². The number of esters is 1. The minimum absolute atomic E-state index is 0.00529. The molecule has 5 atom stereocenters. The van der Waals surface area contributed by atoms with Gasteiger partial charge in [-0.25, -0.2) is 9.59 Å². The van der Waals surface area contributed by atoms with Gasteiger partial charge in [-0.3, -0.25) is 0 Å². The first-order valence-corrected chi connectivity index (χ1v) is 14.5. The normalized spacial score (nSPS) is 20.0. The number of aliphatic hydroxyl groups excluding tert-OH is 1. The molecular formula is C33H39F3O10. The van der Waals surface area contributed by atoms with Gasteiger partial charge in [-0.15, -0.1) is 0 Å². The molecule has 0 spiro atoms. The molecule has 10 nitrogen and oxygen atoms in total. The molecule has 0 amide bonds. The van der Waals surface area contributed by atoms with Gasteiger partial charge in [-0.1, -0.05) is 43.4 Å². The molecule has 1 heterocycles. The molecule has 2 N–H and O–H groups in total. The third-order valence-electron chi connectivity index (χ3n) is 6.88. The first kappa shape index (κ1) is 36.6. The van der Waals surface area contributed by atoms with E-state index in [1.807, 2.05) is 0 Å². The summed E-state index contributed by atoms with van der Waals surface area (Å²) in [5, 5.41) is 19.9. The van der Waals surface area contributed by atoms with E-state index >= 15 is 0 Å². The van der Waals surface area contributed by atoms with Gasteiger partial charge in [0, 0.05) is 13.2 Å². The van der Waals surface area contributed by atoms with E-state index < -0.39 is 54.9 Å². The maximum Gasteiger partial charge on any atom is 0.422 e. The smallest absolute Gasteiger partial charge is 0.422 e. The zero-order valence-corrected chi connectivity index (χ0v) is 26.2. The van der Waals surface area contributed by atoms with E-state index in [2.05, 4.69) is 0 Å². The molecule has 0 aromatic heterocycles. The highest BCUT2D eigenvalue weighted by Crippen LogP contribution is 2.35. The summed E-state index contributed by atoms with van der Waals surface area (Å²) in [5.74, 6) is -3.88. The van der Waals surface area contributed by atoms with Gasteiger partial charge in [0.15, 0.2) is 19.2 Å². The fourth-order valence-corrected chi connectivity index (χ4v) is 4.54. The van der Waals surface area contributed by atoms with Crippen LogP contribution in [0.15, 0.2) is 60.7 Å². The van der Waals surface area contributed by atoms with Crippen LogP contribution in [0.5, 0.6) is 11.5 Å². The lowest BCUT2D eigenvalue weighted by Crippen LogP contribution is -2.37. The molecule has 13 heteroatoms. The van der Waals surface area contributed by atoms with Gasteiger partial charge >= 0.3 is 18.1 Å². The second-order valence-electron chi connectivity index (χ2n) is 11.1. The minimum atomic E-state index is -4.63. The van der Waals surface area contributed by atoms with E-state index in [0.717, 1.165) is 12.1 Å². The lowest BCUT2D eigenvalue weighted by Gasteiger charge is -2.25. The summed E-state index contributed by atoms with van der Waals surface area (Å²) in [6.07, 6.45) is -1.37. The van der Waals surface area contributed by atoms with Crippen LogP contribution in [-0.2, 0) is 18.9 Å². The standard InChI is InChI=1S/C33H39F3O10/c1-20(21(2)37)14-15-25(44-31(40)22-10-7-6-8-11-22)29-26(45-32(3,4)46-29)13-9-12-23-16-24(42-18-33(34,35)36)17-27(43-19-41-5)28(23)30(38)39/h6-12,14-17,20-21,25-26,29,37H,13,18-19H2,1-5H3,(H,38,39)/b12-9+,15-14-/t20-,21-,25?,26+,29-/m1/s1. The van der Waals surface area contributed by atoms with Crippen LogP contribution in [0.1, 0.15) is 60.4 Å². The SMILES string of the molecule is COCOc1cc(OCC(F)(F)F)cc(/C=C/C[C@@H]2OC(C)(C)O[C@@H]2C(/C=C\[C@@H](C)[C@@H](C)O)OC(=O)c2ccccc2)c1C(=O)O. The first-order chi connectivity index (χ1) is 21.6. The van der Waals surface area contributed by atoms with Crippen LogP contribution in [0.25, 0.3) is 6.08 Å². The molecule has 0 saturated carbocycles. The maximum absolute atomic E-state index is 13.0. The molecule has 3 rings (SSSR count). The molecule has 0 bridgehead atoms. The number of aliphatic hydroxyl groups is 1. The van der Waals surface area contributed by atoms with Crippen molar-refractivity contribution in [2.75, 3.05) is 20.5 Å². The van der Waals surface area contributed by atoms with Gasteiger partial charge in [0.25, 0.3) is 0 Å². The number of halogens is 3. The van der Waals surface area contributed by atoms with Crippen LogP contribution in [0.4, 0.5) is 13.2 Å². The average Bonchev–Trinajstić information content (AvgIpc) is 3.30. The summed E-state index contributed by atoms with van der Waals surface area (Å²) in [7, 11) is 1.30. The quantitative estimate of drug-likeness (QED) is 0.134. The first-order valence-electron chi connectivity index (χ1n) is 14.5. The maximum atomic E-state index is 13.0. The Hall–Kier alpha value is -3.91. The lowest BCUT2D eigenvalue weighted by molar-refractivity contribution is -0.153. The largest absolute Gasteiger partial charge is 0.484 e. The van der Waals surface area contributed by atoms with Crippen molar-refractivity contribution in [2.24, 2.45) is 5.92 Å². The number of ether oxygens (including phenoxy) is 6. The Labute approximate surface area is 265 Å². The van der Waals surface area contributed by atoms with Gasteiger partial charge in [-0.2, -0.15) is 13.2 Å². The van der Waals surface area contributed by atoms with E-state index in [0.29, 0.717) is 5.56 Å². The van der Waals surface area contributed by atoms with Crippen LogP contribution in [0.2, 0.25) is 0 Å². The Kier molecular flexibility index (Phi) is 12.8. The van der Waals surface area contributed by atoms with Gasteiger partial charge in [0.2, 0.25) is 0 Å². The van der Waals surface area contributed by atoms with E-state index in [1.54, 1.807) is 76.3 Å². The predicted molar refractivity (Wildman–Crippen MR) is 161 cm³/mol. The van der Waals surface area contributed by atoms with Gasteiger partial charge < -0.3 is 38.6 Å². The Bertz CT molecular complexity index is 1370. The molecule has 252 valence electrons. The van der Waals surface area contributed by atoms with Crippen molar-refractivity contribution in [3.8, 4) is 11.5 Å². The molecule has 1 saturated heterocycles. The molecule has 46 heavy (non-hydrogen) atoms. The van der Waals surface area contributed by atoms with Crippen molar-refractivity contribution in [1.82, 2.24) is 0 Å². The van der Waals surface area contributed by atoms with Crippen LogP contribution < -0.4 is 9.47 Å². The van der Waals surface area contributed by atoms with Gasteiger partial charge in [-0.05, 0) is 62.9 Å². The number of carboxylic acids is 1. The fourth-order valence-electron chi connectivity index (χ4n) is 4.54. The molecular weight excluding hydrogens is 613 g/mol. The van der Waals surface area contributed by atoms with Crippen molar-refractivity contribution in [3.63, 3.8) is 0 Å². The molecule has 0 aliphatic carbocycles. The number of aromatic carboxylic acids is 1. The third kappa shape index (κ3) is 10.9. The second-order valence-corrected chi connectivity index (χ2v) is 11.1. The lowest BCUT2D eigenvalue weighted by atomic mass is 9.99. The zero-order chi connectivity index (χ0) is 34.1. The molecule has 1 fully saturated rings. The molecule has 1 aliphatic heterocycles. The molecule has 0 radical (unpaired) electrons. The molecule has 2 aromatic carbocycles. The number of alkyl halides is 3. The number of carbonyl (C=O) groups is 2. The summed E-state index contributed by atoms with van der Waals surface area (Å²) < 4.78 is 71.7. The van der Waals surface area contributed by atoms with E-state index in [-0.39, 0.29) is 41.8 Å². The topological polar surface area (TPSA) is 130 Å². The zero-order valence-electron chi connectivity index (χ0n) is 26.2. The van der Waals surface area contributed by atoms with Gasteiger partial charge in [0.05, 0.1) is 17.8 Å². The van der Waals surface area contributed by atoms with Crippen LogP contribution in [-0.4, -0.2) is 79.0 Å². The van der Waals surface area contributed by atoms with E-state index in [9.17, 15) is 33.0 Å². The number of carbonyl (C=O) groups excluding carboxylic acids is 1. The fraction of sp³-hybridized carbons (Fsp3) is 0.455.